The van der Waals surface area contributed by atoms with Crippen LogP contribution in [-0.4, -0.2) is 4.98 Å². The highest BCUT2D eigenvalue weighted by Crippen LogP contribution is 2.21. The van der Waals surface area contributed by atoms with Gasteiger partial charge < -0.3 is 5.32 Å². The number of pyridine rings is 1. The zero-order chi connectivity index (χ0) is 14.8. The summed E-state index contributed by atoms with van der Waals surface area (Å²) in [6.07, 6.45) is 7.08. The molecule has 0 unspecified atom stereocenters. The lowest BCUT2D eigenvalue weighted by Gasteiger charge is -2.08. The van der Waals surface area contributed by atoms with Gasteiger partial charge in [-0.15, -0.1) is 0 Å². The zero-order valence-corrected chi connectivity index (χ0v) is 12.2. The van der Waals surface area contributed by atoms with E-state index in [1.807, 2.05) is 6.20 Å². The molecule has 6 bridgehead atoms. The first kappa shape index (κ1) is 12.8. The lowest BCUT2D eigenvalue weighted by molar-refractivity contribution is 1.16. The Morgan fingerprint density at radius 2 is 1.55 bits per heavy atom. The van der Waals surface area contributed by atoms with E-state index in [0.29, 0.717) is 0 Å². The summed E-state index contributed by atoms with van der Waals surface area (Å²) in [4.78, 5) is 4.42. The highest BCUT2D eigenvalue weighted by molar-refractivity contribution is 5.72. The first-order chi connectivity index (χ1) is 10.8. The van der Waals surface area contributed by atoms with Gasteiger partial charge in [0.05, 0.1) is 0 Å². The molecule has 0 amide bonds. The van der Waals surface area contributed by atoms with Crippen molar-refractivity contribution in [2.75, 3.05) is 5.32 Å². The van der Waals surface area contributed by atoms with Gasteiger partial charge in [-0.2, -0.15) is 0 Å². The Morgan fingerprint density at radius 3 is 2.45 bits per heavy atom. The zero-order valence-electron chi connectivity index (χ0n) is 12.2. The molecule has 4 rings (SSSR count). The van der Waals surface area contributed by atoms with E-state index in [1.54, 1.807) is 0 Å². The van der Waals surface area contributed by atoms with Gasteiger partial charge in [-0.3, -0.25) is 0 Å². The van der Waals surface area contributed by atoms with Crippen molar-refractivity contribution in [1.82, 2.24) is 4.98 Å². The van der Waals surface area contributed by atoms with E-state index in [-0.39, 0.29) is 0 Å². The number of hydrogen-bond donors (Lipinski definition) is 1. The van der Waals surface area contributed by atoms with Crippen LogP contribution in [0.15, 0.2) is 66.9 Å². The van der Waals surface area contributed by atoms with E-state index in [1.165, 1.54) is 22.3 Å². The molecule has 106 valence electrons. The van der Waals surface area contributed by atoms with E-state index in [0.717, 1.165) is 17.9 Å². The van der Waals surface area contributed by atoms with Crippen LogP contribution in [0.25, 0.3) is 12.2 Å². The van der Waals surface area contributed by atoms with E-state index >= 15 is 0 Å². The molecule has 2 heterocycles. The second kappa shape index (κ2) is 5.49. The molecule has 0 spiro atoms. The lowest BCUT2D eigenvalue weighted by atomic mass is 10.0. The first-order valence-electron chi connectivity index (χ1n) is 7.44. The summed E-state index contributed by atoms with van der Waals surface area (Å²) in [6, 6.07) is 21.2. The molecule has 0 saturated carbocycles. The minimum Gasteiger partial charge on any atom is -0.340 e. The van der Waals surface area contributed by atoms with Crippen LogP contribution in [0.1, 0.15) is 22.3 Å². The van der Waals surface area contributed by atoms with Crippen molar-refractivity contribution < 1.29 is 0 Å². The Labute approximate surface area is 130 Å². The molecular formula is C20H16N2. The third-order valence-electron chi connectivity index (χ3n) is 3.81. The summed E-state index contributed by atoms with van der Waals surface area (Å²) in [6.45, 7) is 0. The molecule has 2 nitrogen and oxygen atoms in total. The van der Waals surface area contributed by atoms with Crippen LogP contribution in [0.4, 0.5) is 11.5 Å². The predicted octanol–water partition coefficient (Wildman–Crippen LogP) is 4.90. The quantitative estimate of drug-likeness (QED) is 0.497. The van der Waals surface area contributed by atoms with Gasteiger partial charge >= 0.3 is 0 Å². The average Bonchev–Trinajstić information content (AvgIpc) is 2.54. The van der Waals surface area contributed by atoms with Crippen molar-refractivity contribution in [2.45, 2.75) is 6.42 Å². The summed E-state index contributed by atoms with van der Waals surface area (Å²) < 4.78 is 0. The molecule has 1 aliphatic heterocycles. The van der Waals surface area contributed by atoms with Gasteiger partial charge in [0.1, 0.15) is 5.82 Å². The number of rotatable bonds is 0. The molecule has 0 aliphatic carbocycles. The molecule has 0 saturated heterocycles. The van der Waals surface area contributed by atoms with Gasteiger partial charge in [-0.1, -0.05) is 48.6 Å². The molecule has 2 heteroatoms. The number of nitrogens with zero attached hydrogens (tertiary/aromatic N) is 1. The van der Waals surface area contributed by atoms with Crippen molar-refractivity contribution in [3.63, 3.8) is 0 Å². The minimum absolute atomic E-state index is 0.883. The third kappa shape index (κ3) is 2.77. The molecule has 0 radical (unpaired) electrons. The second-order valence-electron chi connectivity index (χ2n) is 5.55. The van der Waals surface area contributed by atoms with Gasteiger partial charge in [-0.25, -0.2) is 4.98 Å². The Morgan fingerprint density at radius 1 is 0.773 bits per heavy atom. The molecule has 22 heavy (non-hydrogen) atoms. The van der Waals surface area contributed by atoms with Crippen LogP contribution in [0.2, 0.25) is 0 Å². The van der Waals surface area contributed by atoms with Gasteiger partial charge in [-0.05, 0) is 52.9 Å². The van der Waals surface area contributed by atoms with Crippen LogP contribution in [-0.2, 0) is 6.42 Å². The lowest BCUT2D eigenvalue weighted by Crippen LogP contribution is -1.96. The van der Waals surface area contributed by atoms with Gasteiger partial charge in [0.25, 0.3) is 0 Å². The second-order valence-corrected chi connectivity index (χ2v) is 5.55. The Bertz CT molecular complexity index is 783. The van der Waals surface area contributed by atoms with Gasteiger partial charge in [0.2, 0.25) is 0 Å². The van der Waals surface area contributed by atoms with Crippen molar-refractivity contribution in [3.05, 3.63) is 89.1 Å². The van der Waals surface area contributed by atoms with Crippen molar-refractivity contribution >= 4 is 23.7 Å². The van der Waals surface area contributed by atoms with Gasteiger partial charge in [0.15, 0.2) is 0 Å². The monoisotopic (exact) mass is 284 g/mol. The van der Waals surface area contributed by atoms with E-state index < -0.39 is 0 Å². The highest BCUT2D eigenvalue weighted by Gasteiger charge is 2.03. The number of benzene rings is 2. The summed E-state index contributed by atoms with van der Waals surface area (Å²) in [7, 11) is 0. The van der Waals surface area contributed by atoms with Crippen molar-refractivity contribution in [2.24, 2.45) is 0 Å². The molecule has 0 atom stereocenters. The Hall–Kier alpha value is -2.87. The number of nitrogens with one attached hydrogen (secondary N) is 1. The highest BCUT2D eigenvalue weighted by atomic mass is 15.0. The minimum atomic E-state index is 0.883. The largest absolute Gasteiger partial charge is 0.340 e. The van der Waals surface area contributed by atoms with Crippen LogP contribution < -0.4 is 5.32 Å². The topological polar surface area (TPSA) is 24.9 Å². The normalized spacial score (nSPS) is 12.5. The van der Waals surface area contributed by atoms with E-state index in [2.05, 4.69) is 83.1 Å². The summed E-state index contributed by atoms with van der Waals surface area (Å²) in [5.74, 6) is 0.883. The third-order valence-corrected chi connectivity index (χ3v) is 3.81. The average molecular weight is 284 g/mol. The molecular weight excluding hydrogens is 268 g/mol. The smallest absolute Gasteiger partial charge is 0.130 e. The maximum Gasteiger partial charge on any atom is 0.130 e. The summed E-state index contributed by atoms with van der Waals surface area (Å²) >= 11 is 0. The van der Waals surface area contributed by atoms with E-state index in [4.69, 9.17) is 0 Å². The van der Waals surface area contributed by atoms with Crippen LogP contribution in [0.5, 0.6) is 0 Å². The number of hydrogen-bond acceptors (Lipinski definition) is 2. The van der Waals surface area contributed by atoms with Gasteiger partial charge in [0, 0.05) is 11.9 Å². The van der Waals surface area contributed by atoms with Crippen molar-refractivity contribution in [1.29, 1.82) is 0 Å². The number of fused-ring (bicyclic) bond motifs is 6. The maximum absolute atomic E-state index is 4.42. The molecule has 1 N–H and O–H groups in total. The molecule has 2 aromatic carbocycles. The SMILES string of the molecule is C1=Cc2cccc(c2)Nc2cc(ccn2)Cc2cccc1c2. The summed E-state index contributed by atoms with van der Waals surface area (Å²) in [5.41, 5.74) is 6.02. The Balaban J connectivity index is 1.87. The molecule has 1 aromatic heterocycles. The van der Waals surface area contributed by atoms with Crippen LogP contribution >= 0.6 is 0 Å². The molecule has 1 aliphatic rings. The first-order valence-corrected chi connectivity index (χ1v) is 7.44. The van der Waals surface area contributed by atoms with E-state index in [9.17, 15) is 0 Å². The fourth-order valence-corrected chi connectivity index (χ4v) is 2.76. The van der Waals surface area contributed by atoms with Crippen molar-refractivity contribution in [3.8, 4) is 0 Å². The number of anilines is 2. The molecule has 3 aromatic rings. The standard InChI is InChI=1S/C20H16N2/c1-3-15-7-8-16-4-2-6-19(13-16)22-20-14-18(9-10-21-20)12-17(5-1)11-15/h1-11,13-14H,12H2,(H,21,22). The fraction of sp³-hybridized carbons (Fsp3) is 0.0500. The molecule has 0 fully saturated rings. The summed E-state index contributed by atoms with van der Waals surface area (Å²) in [5, 5.41) is 3.38. The Kier molecular flexibility index (Phi) is 3.20. The number of aromatic nitrogens is 1. The maximum atomic E-state index is 4.42. The fourth-order valence-electron chi connectivity index (χ4n) is 2.76. The predicted molar refractivity (Wildman–Crippen MR) is 92.1 cm³/mol. The van der Waals surface area contributed by atoms with Crippen LogP contribution in [0.3, 0.4) is 0 Å². The van der Waals surface area contributed by atoms with Crippen LogP contribution in [0, 0.1) is 0 Å².